The summed E-state index contributed by atoms with van der Waals surface area (Å²) >= 11 is 7.23. The molecule has 1 heterocycles. The van der Waals surface area contributed by atoms with E-state index in [2.05, 4.69) is 0 Å². The summed E-state index contributed by atoms with van der Waals surface area (Å²) in [6.45, 7) is 0. The Balaban J connectivity index is 2.75. The zero-order valence-corrected chi connectivity index (χ0v) is 8.45. The lowest BCUT2D eigenvalue weighted by atomic mass is 10.1. The van der Waals surface area contributed by atoms with Gasteiger partial charge in [0.1, 0.15) is 0 Å². The van der Waals surface area contributed by atoms with Crippen LogP contribution in [-0.4, -0.2) is 0 Å². The van der Waals surface area contributed by atoms with Gasteiger partial charge in [-0.2, -0.15) is 0 Å². The maximum absolute atomic E-state index is 5.84. The Morgan fingerprint density at radius 1 is 1.23 bits per heavy atom. The van der Waals surface area contributed by atoms with E-state index in [0.29, 0.717) is 5.88 Å². The van der Waals surface area contributed by atoms with Crippen molar-refractivity contribution in [1.82, 2.24) is 0 Å². The van der Waals surface area contributed by atoms with Gasteiger partial charge in [0.2, 0.25) is 0 Å². The number of halogens is 1. The second-order valence-electron chi connectivity index (χ2n) is 2.89. The number of nitrogens with two attached hydrogens (primary N) is 2. The molecule has 1 aromatic carbocycles. The van der Waals surface area contributed by atoms with Gasteiger partial charge in [0, 0.05) is 11.6 Å². The van der Waals surface area contributed by atoms with Crippen molar-refractivity contribution < 1.29 is 0 Å². The molecule has 0 aliphatic rings. The molecule has 2 aromatic rings. The molecule has 4 N–H and O–H groups in total. The minimum absolute atomic E-state index is 0.482. The molecule has 0 atom stereocenters. The summed E-state index contributed by atoms with van der Waals surface area (Å²) in [6.07, 6.45) is 0. The van der Waals surface area contributed by atoms with E-state index in [-0.39, 0.29) is 0 Å². The Labute approximate surface area is 85.1 Å². The molecule has 0 radical (unpaired) electrons. The first kappa shape index (κ1) is 8.66. The quantitative estimate of drug-likeness (QED) is 0.564. The van der Waals surface area contributed by atoms with Gasteiger partial charge in [0.05, 0.1) is 9.70 Å². The summed E-state index contributed by atoms with van der Waals surface area (Å²) < 4.78 is 1.05. The smallest absolute Gasteiger partial charge is 0.0869 e. The minimum Gasteiger partial charge on any atom is -0.398 e. The lowest BCUT2D eigenvalue weighted by Crippen LogP contribution is -1.86. The largest absolute Gasteiger partial charge is 0.398 e. The van der Waals surface area contributed by atoms with Gasteiger partial charge in [-0.15, -0.1) is 22.9 Å². The highest BCUT2D eigenvalue weighted by atomic mass is 35.5. The Morgan fingerprint density at radius 3 is 2.69 bits per heavy atom. The molecule has 4 heteroatoms. The Morgan fingerprint density at radius 2 is 2.00 bits per heavy atom. The van der Waals surface area contributed by atoms with E-state index < -0.39 is 0 Å². The topological polar surface area (TPSA) is 52.0 Å². The Kier molecular flexibility index (Phi) is 2.06. The number of hydrogen-bond acceptors (Lipinski definition) is 3. The predicted octanol–water partition coefficient (Wildman–Crippen LogP) is 2.80. The van der Waals surface area contributed by atoms with Crippen LogP contribution in [0, 0.1) is 0 Å². The van der Waals surface area contributed by atoms with Gasteiger partial charge in [0.15, 0.2) is 0 Å². The fourth-order valence-corrected chi connectivity index (χ4v) is 2.33. The van der Waals surface area contributed by atoms with Crippen LogP contribution < -0.4 is 11.5 Å². The summed E-state index contributed by atoms with van der Waals surface area (Å²) in [5.41, 5.74) is 13.3. The number of thiophene rings is 1. The fourth-order valence-electron chi connectivity index (χ4n) is 1.34. The minimum atomic E-state index is 0.482. The third-order valence-electron chi connectivity index (χ3n) is 1.88. The molecule has 0 fully saturated rings. The van der Waals surface area contributed by atoms with Gasteiger partial charge in [-0.1, -0.05) is 0 Å². The first-order chi connectivity index (χ1) is 6.20. The molecule has 0 bridgehead atoms. The highest BCUT2D eigenvalue weighted by molar-refractivity contribution is 7.23. The molecular formula is C9H9ClN2S. The average molecular weight is 213 g/mol. The van der Waals surface area contributed by atoms with Crippen LogP contribution in [0.5, 0.6) is 0 Å². The molecular weight excluding hydrogens is 204 g/mol. The van der Waals surface area contributed by atoms with Crippen LogP contribution >= 0.6 is 22.9 Å². The zero-order chi connectivity index (χ0) is 9.42. The molecule has 68 valence electrons. The number of nitrogen functional groups attached to an aromatic ring is 2. The highest BCUT2D eigenvalue weighted by Gasteiger charge is 2.04. The van der Waals surface area contributed by atoms with Crippen molar-refractivity contribution in [3.63, 3.8) is 0 Å². The average Bonchev–Trinajstić information content (AvgIpc) is 2.46. The molecule has 0 saturated heterocycles. The summed E-state index contributed by atoms with van der Waals surface area (Å²) in [6, 6.07) is 5.84. The second kappa shape index (κ2) is 3.09. The predicted molar refractivity (Wildman–Crippen MR) is 60.2 cm³/mol. The monoisotopic (exact) mass is 212 g/mol. The second-order valence-corrected chi connectivity index (χ2v) is 4.24. The van der Waals surface area contributed by atoms with Crippen LogP contribution in [0.1, 0.15) is 5.56 Å². The number of fused-ring (bicyclic) bond motifs is 1. The lowest BCUT2D eigenvalue weighted by Gasteiger charge is -1.99. The van der Waals surface area contributed by atoms with Crippen LogP contribution in [0.25, 0.3) is 10.1 Å². The fraction of sp³-hybridized carbons (Fsp3) is 0.111. The summed E-state index contributed by atoms with van der Waals surface area (Å²) in [5, 5.41) is 1.87. The van der Waals surface area contributed by atoms with E-state index in [0.717, 1.165) is 26.3 Å². The third kappa shape index (κ3) is 1.45. The Hall–Kier alpha value is -0.930. The van der Waals surface area contributed by atoms with Gasteiger partial charge < -0.3 is 11.5 Å². The van der Waals surface area contributed by atoms with Crippen LogP contribution in [0.3, 0.4) is 0 Å². The van der Waals surface area contributed by atoms with Crippen molar-refractivity contribution in [3.8, 4) is 0 Å². The van der Waals surface area contributed by atoms with Crippen molar-refractivity contribution in [3.05, 3.63) is 23.8 Å². The number of hydrogen-bond donors (Lipinski definition) is 2. The zero-order valence-electron chi connectivity index (χ0n) is 6.88. The van der Waals surface area contributed by atoms with Crippen molar-refractivity contribution >= 4 is 43.7 Å². The molecule has 0 aliphatic carbocycles. The van der Waals surface area contributed by atoms with Crippen molar-refractivity contribution in [2.75, 3.05) is 11.5 Å². The van der Waals surface area contributed by atoms with E-state index in [4.69, 9.17) is 23.1 Å². The molecule has 0 aliphatic heterocycles. The molecule has 1 aromatic heterocycles. The maximum Gasteiger partial charge on any atom is 0.0869 e. The molecule has 2 nitrogen and oxygen atoms in total. The van der Waals surface area contributed by atoms with Crippen molar-refractivity contribution in [1.29, 1.82) is 0 Å². The summed E-state index contributed by atoms with van der Waals surface area (Å²) in [5.74, 6) is 0.482. The van der Waals surface area contributed by atoms with Crippen molar-refractivity contribution in [2.24, 2.45) is 0 Å². The van der Waals surface area contributed by atoms with E-state index in [1.807, 2.05) is 18.2 Å². The van der Waals surface area contributed by atoms with Gasteiger partial charge in [0.25, 0.3) is 0 Å². The molecule has 0 saturated carbocycles. The number of alkyl halides is 1. The SMILES string of the molecule is Nc1cc2cc(CCl)cc(N)c2s1. The van der Waals surface area contributed by atoms with Gasteiger partial charge >= 0.3 is 0 Å². The van der Waals surface area contributed by atoms with Crippen molar-refractivity contribution in [2.45, 2.75) is 5.88 Å². The van der Waals surface area contributed by atoms with E-state index in [1.165, 1.54) is 11.3 Å². The van der Waals surface area contributed by atoms with Gasteiger partial charge in [-0.3, -0.25) is 0 Å². The number of rotatable bonds is 1. The first-order valence-corrected chi connectivity index (χ1v) is 5.19. The first-order valence-electron chi connectivity index (χ1n) is 3.84. The van der Waals surface area contributed by atoms with E-state index in [9.17, 15) is 0 Å². The molecule has 0 unspecified atom stereocenters. The lowest BCUT2D eigenvalue weighted by molar-refractivity contribution is 1.43. The molecule has 2 rings (SSSR count). The Bertz CT molecular complexity index is 450. The van der Waals surface area contributed by atoms with E-state index >= 15 is 0 Å². The normalized spacial score (nSPS) is 10.8. The highest BCUT2D eigenvalue weighted by Crippen LogP contribution is 2.33. The van der Waals surface area contributed by atoms with Crippen LogP contribution in [-0.2, 0) is 5.88 Å². The standard InChI is InChI=1S/C9H9ClN2S/c10-4-5-1-6-3-8(12)13-9(6)7(11)2-5/h1-3H,4,11-12H2. The summed E-state index contributed by atoms with van der Waals surface area (Å²) in [4.78, 5) is 0. The molecule has 0 amide bonds. The maximum atomic E-state index is 5.84. The third-order valence-corrected chi connectivity index (χ3v) is 3.22. The molecule has 0 spiro atoms. The molecule has 13 heavy (non-hydrogen) atoms. The number of anilines is 2. The van der Waals surface area contributed by atoms with Crippen LogP contribution in [0.15, 0.2) is 18.2 Å². The van der Waals surface area contributed by atoms with Gasteiger partial charge in [-0.25, -0.2) is 0 Å². The van der Waals surface area contributed by atoms with Crippen LogP contribution in [0.2, 0.25) is 0 Å². The van der Waals surface area contributed by atoms with Crippen LogP contribution in [0.4, 0.5) is 10.7 Å². The van der Waals surface area contributed by atoms with E-state index in [1.54, 1.807) is 0 Å². The summed E-state index contributed by atoms with van der Waals surface area (Å²) in [7, 11) is 0. The van der Waals surface area contributed by atoms with Gasteiger partial charge in [-0.05, 0) is 29.1 Å². The number of benzene rings is 1.